The third-order valence-corrected chi connectivity index (χ3v) is 7.35. The number of fused-ring (bicyclic) bond motifs is 4. The van der Waals surface area contributed by atoms with Gasteiger partial charge in [0.25, 0.3) is 0 Å². The van der Waals surface area contributed by atoms with Crippen LogP contribution in [0.15, 0.2) is 85.0 Å². The van der Waals surface area contributed by atoms with E-state index in [4.69, 9.17) is 0 Å². The number of allylic oxidation sites excluding steroid dienone is 4. The van der Waals surface area contributed by atoms with Gasteiger partial charge in [-0.3, -0.25) is 9.59 Å². The van der Waals surface area contributed by atoms with Crippen molar-refractivity contribution in [3.63, 3.8) is 0 Å². The van der Waals surface area contributed by atoms with E-state index < -0.39 is 0 Å². The molecule has 0 aliphatic heterocycles. The zero-order chi connectivity index (χ0) is 20.5. The number of hydrogen-bond donors (Lipinski definition) is 0. The highest BCUT2D eigenvalue weighted by molar-refractivity contribution is 5.99. The Labute approximate surface area is 178 Å². The van der Waals surface area contributed by atoms with Gasteiger partial charge in [0.15, 0.2) is 11.6 Å². The zero-order valence-corrected chi connectivity index (χ0v) is 17.2. The average Bonchev–Trinajstić information content (AvgIpc) is 3.62. The minimum absolute atomic E-state index is 0.252. The van der Waals surface area contributed by atoms with Crippen LogP contribution in [0.4, 0.5) is 0 Å². The molecule has 152 valence electrons. The SMILES string of the molecule is O=C(c1ccccc1)C1CC2C=CC1C2.O=C(c1ccccc1)C1CC2C=CC1C2. The van der Waals surface area contributed by atoms with E-state index in [-0.39, 0.29) is 11.8 Å². The lowest BCUT2D eigenvalue weighted by molar-refractivity contribution is 0.0894. The molecule has 0 spiro atoms. The molecule has 2 heteroatoms. The maximum absolute atomic E-state index is 12.2. The second-order valence-corrected chi connectivity index (χ2v) is 9.23. The van der Waals surface area contributed by atoms with E-state index in [2.05, 4.69) is 24.3 Å². The number of ketones is 2. The molecule has 0 radical (unpaired) electrons. The van der Waals surface area contributed by atoms with Gasteiger partial charge in [0.05, 0.1) is 0 Å². The van der Waals surface area contributed by atoms with Crippen molar-refractivity contribution in [1.29, 1.82) is 0 Å². The Morgan fingerprint density at radius 3 is 1.23 bits per heavy atom. The fraction of sp³-hybridized carbons (Fsp3) is 0.357. The highest BCUT2D eigenvalue weighted by Gasteiger charge is 2.40. The van der Waals surface area contributed by atoms with Gasteiger partial charge >= 0.3 is 0 Å². The van der Waals surface area contributed by atoms with Crippen LogP contribution in [-0.2, 0) is 0 Å². The zero-order valence-electron chi connectivity index (χ0n) is 17.2. The molecule has 2 fully saturated rings. The summed E-state index contributed by atoms with van der Waals surface area (Å²) in [5, 5.41) is 0. The normalized spacial score (nSPS) is 32.1. The number of carbonyl (C=O) groups excluding carboxylic acids is 2. The molecule has 6 unspecified atom stereocenters. The predicted octanol–water partition coefficient (Wildman–Crippen LogP) is 6.16. The summed E-state index contributed by atoms with van der Waals surface area (Å²) in [6.45, 7) is 0. The van der Waals surface area contributed by atoms with Crippen molar-refractivity contribution >= 4 is 11.6 Å². The standard InChI is InChI=1S/2C14H14O/c2*15-14(11-4-2-1-3-5-11)13-9-10-6-7-12(13)8-10/h2*1-7,10,12-13H,8-9H2. The van der Waals surface area contributed by atoms with E-state index in [0.717, 1.165) is 24.0 Å². The fourth-order valence-corrected chi connectivity index (χ4v) is 5.80. The highest BCUT2D eigenvalue weighted by atomic mass is 16.1. The van der Waals surface area contributed by atoms with Crippen molar-refractivity contribution in [2.45, 2.75) is 25.7 Å². The molecule has 0 N–H and O–H groups in total. The number of hydrogen-bond acceptors (Lipinski definition) is 2. The van der Waals surface area contributed by atoms with E-state index in [0.29, 0.717) is 35.2 Å². The molecule has 2 aromatic carbocycles. The second-order valence-electron chi connectivity index (χ2n) is 9.23. The molecule has 0 saturated heterocycles. The van der Waals surface area contributed by atoms with Crippen LogP contribution in [0.3, 0.4) is 0 Å². The summed E-state index contributed by atoms with van der Waals surface area (Å²) in [5.74, 6) is 3.57. The summed E-state index contributed by atoms with van der Waals surface area (Å²) < 4.78 is 0. The first-order valence-electron chi connectivity index (χ1n) is 11.2. The largest absolute Gasteiger partial charge is 0.294 e. The van der Waals surface area contributed by atoms with Crippen LogP contribution < -0.4 is 0 Å². The first kappa shape index (κ1) is 19.2. The Kier molecular flexibility index (Phi) is 5.25. The average molecular weight is 397 g/mol. The molecule has 4 bridgehead atoms. The van der Waals surface area contributed by atoms with E-state index in [9.17, 15) is 9.59 Å². The molecule has 0 heterocycles. The van der Waals surface area contributed by atoms with Crippen LogP contribution in [0, 0.1) is 35.5 Å². The van der Waals surface area contributed by atoms with Crippen molar-refractivity contribution < 1.29 is 9.59 Å². The van der Waals surface area contributed by atoms with Gasteiger partial charge in [0.1, 0.15) is 0 Å². The number of rotatable bonds is 4. The topological polar surface area (TPSA) is 34.1 Å². The maximum Gasteiger partial charge on any atom is 0.166 e. The van der Waals surface area contributed by atoms with Crippen molar-refractivity contribution in [3.05, 3.63) is 96.1 Å². The monoisotopic (exact) mass is 396 g/mol. The lowest BCUT2D eigenvalue weighted by Gasteiger charge is -2.16. The van der Waals surface area contributed by atoms with E-state index in [1.807, 2.05) is 60.7 Å². The van der Waals surface area contributed by atoms with Crippen LogP contribution in [0.25, 0.3) is 0 Å². The van der Waals surface area contributed by atoms with Crippen molar-refractivity contribution in [3.8, 4) is 0 Å². The van der Waals surface area contributed by atoms with Gasteiger partial charge < -0.3 is 0 Å². The Balaban J connectivity index is 0.000000128. The minimum Gasteiger partial charge on any atom is -0.294 e. The smallest absolute Gasteiger partial charge is 0.166 e. The summed E-state index contributed by atoms with van der Waals surface area (Å²) >= 11 is 0. The van der Waals surface area contributed by atoms with Crippen LogP contribution in [-0.4, -0.2) is 11.6 Å². The molecule has 2 saturated carbocycles. The fourth-order valence-electron chi connectivity index (χ4n) is 5.80. The summed E-state index contributed by atoms with van der Waals surface area (Å²) in [7, 11) is 0. The molecule has 6 atom stereocenters. The minimum atomic E-state index is 0.252. The summed E-state index contributed by atoms with van der Waals surface area (Å²) in [4.78, 5) is 24.4. The molecule has 2 nitrogen and oxygen atoms in total. The Morgan fingerprint density at radius 1 is 0.533 bits per heavy atom. The molecule has 4 aliphatic carbocycles. The van der Waals surface area contributed by atoms with Crippen LogP contribution in [0.2, 0.25) is 0 Å². The highest BCUT2D eigenvalue weighted by Crippen LogP contribution is 2.45. The third-order valence-electron chi connectivity index (χ3n) is 7.35. The van der Waals surface area contributed by atoms with Gasteiger partial charge in [-0.15, -0.1) is 0 Å². The molecular formula is C28H28O2. The van der Waals surface area contributed by atoms with E-state index in [1.165, 1.54) is 12.8 Å². The van der Waals surface area contributed by atoms with Gasteiger partial charge in [-0.1, -0.05) is 85.0 Å². The van der Waals surface area contributed by atoms with Crippen molar-refractivity contribution in [2.75, 3.05) is 0 Å². The van der Waals surface area contributed by atoms with Gasteiger partial charge in [-0.25, -0.2) is 0 Å². The first-order valence-corrected chi connectivity index (χ1v) is 11.2. The van der Waals surface area contributed by atoms with Gasteiger partial charge in [-0.2, -0.15) is 0 Å². The molecule has 0 aromatic heterocycles. The first-order chi connectivity index (χ1) is 14.7. The molecule has 0 amide bonds. The van der Waals surface area contributed by atoms with Crippen LogP contribution >= 0.6 is 0 Å². The maximum atomic E-state index is 12.2. The van der Waals surface area contributed by atoms with Crippen molar-refractivity contribution in [2.24, 2.45) is 35.5 Å². The van der Waals surface area contributed by atoms with Crippen LogP contribution in [0.1, 0.15) is 46.4 Å². The predicted molar refractivity (Wildman–Crippen MR) is 119 cm³/mol. The Hall–Kier alpha value is -2.74. The number of Topliss-reactive ketones (excluding diaryl/α,β-unsaturated/α-hetero) is 2. The van der Waals surface area contributed by atoms with Gasteiger partial charge in [0.2, 0.25) is 0 Å². The lowest BCUT2D eigenvalue weighted by Crippen LogP contribution is -2.18. The number of benzene rings is 2. The van der Waals surface area contributed by atoms with Crippen LogP contribution in [0.5, 0.6) is 0 Å². The molecular weight excluding hydrogens is 368 g/mol. The Bertz CT molecular complexity index is 891. The summed E-state index contributed by atoms with van der Waals surface area (Å²) in [6, 6.07) is 19.4. The lowest BCUT2D eigenvalue weighted by atomic mass is 9.86. The third kappa shape index (κ3) is 3.71. The van der Waals surface area contributed by atoms with E-state index >= 15 is 0 Å². The quantitative estimate of drug-likeness (QED) is 0.458. The molecule has 30 heavy (non-hydrogen) atoms. The van der Waals surface area contributed by atoms with Gasteiger partial charge in [0, 0.05) is 23.0 Å². The van der Waals surface area contributed by atoms with Crippen molar-refractivity contribution in [1.82, 2.24) is 0 Å². The van der Waals surface area contributed by atoms with E-state index in [1.54, 1.807) is 0 Å². The molecule has 2 aromatic rings. The van der Waals surface area contributed by atoms with Gasteiger partial charge in [-0.05, 0) is 49.4 Å². The molecule has 6 rings (SSSR count). The molecule has 4 aliphatic rings. The summed E-state index contributed by atoms with van der Waals surface area (Å²) in [6.07, 6.45) is 13.6. The summed E-state index contributed by atoms with van der Waals surface area (Å²) in [5.41, 5.74) is 1.76. The number of carbonyl (C=O) groups is 2. The Morgan fingerprint density at radius 2 is 0.933 bits per heavy atom. The second kappa shape index (κ2) is 8.18.